The molecule has 2 aromatic carbocycles. The predicted octanol–water partition coefficient (Wildman–Crippen LogP) is 4.13. The lowest BCUT2D eigenvalue weighted by molar-refractivity contribution is -0.121. The molecule has 2 fully saturated rings. The van der Waals surface area contributed by atoms with E-state index in [1.807, 2.05) is 42.1 Å². The zero-order chi connectivity index (χ0) is 36.3. The second kappa shape index (κ2) is 18.3. The molecule has 0 bridgehead atoms. The average molecular weight is 736 g/mol. The van der Waals surface area contributed by atoms with Gasteiger partial charge < -0.3 is 45.5 Å². The van der Waals surface area contributed by atoms with E-state index in [1.54, 1.807) is 20.3 Å². The maximum Gasteiger partial charge on any atom is 0.315 e. The summed E-state index contributed by atoms with van der Waals surface area (Å²) in [4.78, 5) is 36.5. The Hall–Kier alpha value is -4.47. The van der Waals surface area contributed by atoms with Crippen molar-refractivity contribution in [1.29, 1.82) is 0 Å². The molecule has 0 spiro atoms. The number of methoxy groups -OCH3 is 2. The van der Waals surface area contributed by atoms with Gasteiger partial charge in [0.05, 0.1) is 45.2 Å². The van der Waals surface area contributed by atoms with Crippen LogP contribution in [0, 0.1) is 0 Å². The van der Waals surface area contributed by atoms with Gasteiger partial charge in [0.1, 0.15) is 0 Å². The van der Waals surface area contributed by atoms with E-state index in [0.717, 1.165) is 59.5 Å². The van der Waals surface area contributed by atoms with Crippen molar-refractivity contribution in [2.75, 3.05) is 64.8 Å². The summed E-state index contributed by atoms with van der Waals surface area (Å²) in [6, 6.07) is 11.6. The highest BCUT2D eigenvalue weighted by atomic mass is 32.2. The quantitative estimate of drug-likeness (QED) is 0.0539. The summed E-state index contributed by atoms with van der Waals surface area (Å²) < 4.78 is 22.2. The van der Waals surface area contributed by atoms with Gasteiger partial charge in [-0.2, -0.15) is 16.9 Å². The van der Waals surface area contributed by atoms with Crippen molar-refractivity contribution in [2.24, 2.45) is 0 Å². The summed E-state index contributed by atoms with van der Waals surface area (Å²) >= 11 is 1.87. The molecule has 2 aliphatic heterocycles. The highest BCUT2D eigenvalue weighted by Crippen LogP contribution is 2.44. The number of hydrogen-bond donors (Lipinski definition) is 6. The number of benzene rings is 2. The van der Waals surface area contributed by atoms with Crippen LogP contribution in [-0.2, 0) is 20.7 Å². The normalized spacial score (nSPS) is 18.2. The first kappa shape index (κ1) is 37.3. The first-order valence-corrected chi connectivity index (χ1v) is 19.1. The lowest BCUT2D eigenvalue weighted by Crippen LogP contribution is -2.37. The van der Waals surface area contributed by atoms with Crippen molar-refractivity contribution in [3.63, 3.8) is 0 Å². The van der Waals surface area contributed by atoms with E-state index in [4.69, 9.17) is 18.9 Å². The molecule has 3 heterocycles. The van der Waals surface area contributed by atoms with Gasteiger partial charge in [0.2, 0.25) is 5.91 Å². The minimum atomic E-state index is -0.152. The Labute approximate surface area is 308 Å². The van der Waals surface area contributed by atoms with Gasteiger partial charge in [-0.25, -0.2) is 4.79 Å². The highest BCUT2D eigenvalue weighted by molar-refractivity contribution is 8.00. The van der Waals surface area contributed by atoms with Crippen molar-refractivity contribution in [3.05, 3.63) is 53.1 Å². The zero-order valence-corrected chi connectivity index (χ0v) is 30.6. The summed E-state index contributed by atoms with van der Waals surface area (Å²) in [5.41, 5.74) is 5.48. The standard InChI is InChI=1S/C37H49N7O7S/c1-48-29-20-24-19-27-33(26(24)21-30(29)49-2)43-44-35(27)40-25-9-5-8-23(18-25)36(46)39-13-7-15-51-17-16-50-14-4-3-12-38-32(45)11-6-10-31-34-28(22-52-31)41-37(47)42-34/h5,8-9,18,20-21,28,31,34H,3-4,6-7,10-17,19,22H2,1-2H3,(H,38,45)(H,39,46)(H2,40,43,44)(H2,41,42,47). The Morgan fingerprint density at radius 3 is 2.54 bits per heavy atom. The van der Waals surface area contributed by atoms with Crippen LogP contribution in [0.2, 0.25) is 0 Å². The maximum absolute atomic E-state index is 12.8. The van der Waals surface area contributed by atoms with Crippen LogP contribution in [0.3, 0.4) is 0 Å². The number of urea groups is 1. The summed E-state index contributed by atoms with van der Waals surface area (Å²) in [7, 11) is 3.25. The smallest absolute Gasteiger partial charge is 0.315 e. The number of aromatic amines is 1. The molecule has 15 heteroatoms. The van der Waals surface area contributed by atoms with Crippen LogP contribution in [-0.4, -0.2) is 105 Å². The molecule has 3 atom stereocenters. The van der Waals surface area contributed by atoms with Gasteiger partial charge in [-0.1, -0.05) is 6.07 Å². The first-order valence-electron chi connectivity index (χ1n) is 18.0. The molecule has 3 aromatic rings. The second-order valence-electron chi connectivity index (χ2n) is 13.1. The number of H-pyrrole nitrogens is 1. The molecular formula is C37H49N7O7S. The van der Waals surface area contributed by atoms with E-state index in [1.165, 1.54) is 0 Å². The largest absolute Gasteiger partial charge is 0.493 e. The molecule has 4 amide bonds. The molecule has 2 saturated heterocycles. The van der Waals surface area contributed by atoms with Crippen molar-refractivity contribution in [3.8, 4) is 22.8 Å². The molecule has 6 N–H and O–H groups in total. The minimum Gasteiger partial charge on any atom is -0.493 e. The van der Waals surface area contributed by atoms with Crippen LogP contribution >= 0.6 is 11.8 Å². The number of fused-ring (bicyclic) bond motifs is 4. The van der Waals surface area contributed by atoms with E-state index < -0.39 is 0 Å². The number of anilines is 2. The van der Waals surface area contributed by atoms with Gasteiger partial charge in [0.15, 0.2) is 17.3 Å². The van der Waals surface area contributed by atoms with Crippen LogP contribution in [0.4, 0.5) is 16.3 Å². The summed E-state index contributed by atoms with van der Waals surface area (Å²) in [5, 5.41) is 23.3. The fraction of sp³-hybridized carbons (Fsp3) is 0.514. The predicted molar refractivity (Wildman–Crippen MR) is 200 cm³/mol. The van der Waals surface area contributed by atoms with Crippen LogP contribution in [0.25, 0.3) is 11.3 Å². The second-order valence-corrected chi connectivity index (χ2v) is 14.4. The number of carbonyl (C=O) groups is 3. The van der Waals surface area contributed by atoms with Crippen LogP contribution in [0.15, 0.2) is 36.4 Å². The lowest BCUT2D eigenvalue weighted by atomic mass is 10.0. The number of amides is 4. The number of thioether (sulfide) groups is 1. The Kier molecular flexibility index (Phi) is 13.1. The van der Waals surface area contributed by atoms with Gasteiger partial charge in [-0.3, -0.25) is 14.7 Å². The van der Waals surface area contributed by atoms with Gasteiger partial charge in [-0.05, 0) is 68.0 Å². The molecule has 6 rings (SSSR count). The molecular weight excluding hydrogens is 687 g/mol. The van der Waals surface area contributed by atoms with Gasteiger partial charge in [0, 0.05) is 72.5 Å². The molecule has 280 valence electrons. The van der Waals surface area contributed by atoms with Crippen molar-refractivity contribution >= 4 is 41.1 Å². The van der Waals surface area contributed by atoms with Gasteiger partial charge in [0.25, 0.3) is 5.91 Å². The fourth-order valence-corrected chi connectivity index (χ4v) is 8.32. The summed E-state index contributed by atoms with van der Waals surface area (Å²) in [6.45, 7) is 3.27. The van der Waals surface area contributed by atoms with E-state index in [0.29, 0.717) is 86.9 Å². The van der Waals surface area contributed by atoms with E-state index in [2.05, 4.69) is 36.8 Å². The Morgan fingerprint density at radius 2 is 1.71 bits per heavy atom. The van der Waals surface area contributed by atoms with Crippen LogP contribution in [0.1, 0.15) is 60.0 Å². The topological polar surface area (TPSA) is 177 Å². The zero-order valence-electron chi connectivity index (χ0n) is 29.8. The van der Waals surface area contributed by atoms with Crippen molar-refractivity contribution < 1.29 is 33.3 Å². The molecule has 0 radical (unpaired) electrons. The number of nitrogens with zero attached hydrogens (tertiary/aromatic N) is 1. The minimum absolute atomic E-state index is 0.0764. The molecule has 14 nitrogen and oxygen atoms in total. The third kappa shape index (κ3) is 9.49. The van der Waals surface area contributed by atoms with Crippen molar-refractivity contribution in [1.82, 2.24) is 31.5 Å². The number of rotatable bonds is 21. The highest BCUT2D eigenvalue weighted by Gasteiger charge is 2.42. The number of carbonyl (C=O) groups excluding carboxylic acids is 3. The van der Waals surface area contributed by atoms with Gasteiger partial charge >= 0.3 is 6.03 Å². The van der Waals surface area contributed by atoms with Crippen LogP contribution < -0.4 is 36.1 Å². The molecule has 1 aliphatic carbocycles. The lowest BCUT2D eigenvalue weighted by Gasteiger charge is -2.16. The first-order chi connectivity index (χ1) is 25.4. The summed E-state index contributed by atoms with van der Waals surface area (Å²) in [6.07, 6.45) is 5.37. The molecule has 3 aliphatic rings. The fourth-order valence-electron chi connectivity index (χ4n) is 6.78. The Morgan fingerprint density at radius 1 is 0.923 bits per heavy atom. The monoisotopic (exact) mass is 735 g/mol. The Balaban J connectivity index is 0.775. The molecule has 52 heavy (non-hydrogen) atoms. The number of nitrogens with one attached hydrogen (secondary N) is 6. The van der Waals surface area contributed by atoms with Crippen LogP contribution in [0.5, 0.6) is 11.5 Å². The van der Waals surface area contributed by atoms with Gasteiger partial charge in [-0.15, -0.1) is 0 Å². The number of aromatic nitrogens is 2. The van der Waals surface area contributed by atoms with E-state index >= 15 is 0 Å². The van der Waals surface area contributed by atoms with E-state index in [-0.39, 0.29) is 29.9 Å². The Bertz CT molecular complexity index is 1700. The SMILES string of the molecule is COc1cc2c(cc1OC)-c1[nH]nc(Nc3cccc(C(=O)NCCCOCCOCCCCNC(=O)CCCC4SCC5NC(=O)NC54)c3)c1C2. The molecule has 3 unspecified atom stereocenters. The van der Waals surface area contributed by atoms with Crippen molar-refractivity contribution in [2.45, 2.75) is 62.3 Å². The van der Waals surface area contributed by atoms with E-state index in [9.17, 15) is 14.4 Å². The number of unbranched alkanes of at least 4 members (excludes halogenated alkanes) is 1. The molecule has 0 saturated carbocycles. The third-order valence-electron chi connectivity index (χ3n) is 9.49. The number of hydrogen-bond acceptors (Lipinski definition) is 10. The molecule has 1 aromatic heterocycles. The maximum atomic E-state index is 12.8. The average Bonchev–Trinajstić information content (AvgIpc) is 3.91. The third-order valence-corrected chi connectivity index (χ3v) is 11.0. The summed E-state index contributed by atoms with van der Waals surface area (Å²) in [5.74, 6) is 2.93. The number of ether oxygens (including phenoxy) is 4.